The van der Waals surface area contributed by atoms with Crippen molar-refractivity contribution in [3.05, 3.63) is 30.2 Å². The summed E-state index contributed by atoms with van der Waals surface area (Å²) >= 11 is 0. The molecule has 4 heteroatoms. The van der Waals surface area contributed by atoms with Gasteiger partial charge in [-0.3, -0.25) is 4.90 Å². The van der Waals surface area contributed by atoms with Gasteiger partial charge in [-0.15, -0.1) is 0 Å². The summed E-state index contributed by atoms with van der Waals surface area (Å²) in [6.07, 6.45) is 7.46. The molecule has 3 heterocycles. The zero-order chi connectivity index (χ0) is 11.8. The predicted octanol–water partition coefficient (Wildman–Crippen LogP) is 2.20. The van der Waals surface area contributed by atoms with Gasteiger partial charge in [0.25, 0.3) is 0 Å². The third-order valence-electron chi connectivity index (χ3n) is 3.57. The van der Waals surface area contributed by atoms with E-state index in [1.165, 1.54) is 19.3 Å². The molecule has 0 bridgehead atoms. The third-order valence-corrected chi connectivity index (χ3v) is 3.57. The van der Waals surface area contributed by atoms with E-state index >= 15 is 0 Å². The van der Waals surface area contributed by atoms with Crippen LogP contribution >= 0.6 is 0 Å². The summed E-state index contributed by atoms with van der Waals surface area (Å²) in [5.74, 6) is 0.276. The number of pyridine rings is 1. The van der Waals surface area contributed by atoms with Gasteiger partial charge in [-0.1, -0.05) is 6.42 Å². The third kappa shape index (κ3) is 1.89. The Morgan fingerprint density at radius 3 is 3.00 bits per heavy atom. The lowest BCUT2D eigenvalue weighted by Crippen LogP contribution is -2.29. The molecule has 4 nitrogen and oxygen atoms in total. The van der Waals surface area contributed by atoms with Gasteiger partial charge in [0.05, 0.1) is 17.9 Å². The van der Waals surface area contributed by atoms with E-state index in [0.717, 1.165) is 17.9 Å². The predicted molar refractivity (Wildman–Crippen MR) is 66.1 cm³/mol. The Morgan fingerprint density at radius 1 is 1.29 bits per heavy atom. The van der Waals surface area contributed by atoms with E-state index in [9.17, 15) is 5.11 Å². The van der Waals surface area contributed by atoms with Crippen molar-refractivity contribution in [2.24, 2.45) is 0 Å². The van der Waals surface area contributed by atoms with E-state index in [2.05, 4.69) is 16.9 Å². The average Bonchev–Trinajstić information content (AvgIpc) is 2.72. The molecule has 0 amide bonds. The number of rotatable bonds is 1. The SMILES string of the molecule is CN1CCCCC1c1cn2cc(O)ccc2n1. The van der Waals surface area contributed by atoms with Gasteiger partial charge in [0.2, 0.25) is 0 Å². The molecular formula is C13H17N3O. The Balaban J connectivity index is 1.99. The fourth-order valence-corrected chi connectivity index (χ4v) is 2.61. The zero-order valence-corrected chi connectivity index (χ0v) is 10.0. The molecule has 0 spiro atoms. The summed E-state index contributed by atoms with van der Waals surface area (Å²) in [6, 6.07) is 3.95. The van der Waals surface area contributed by atoms with Gasteiger partial charge in [0.15, 0.2) is 0 Å². The Hall–Kier alpha value is -1.55. The number of hydrogen-bond donors (Lipinski definition) is 1. The van der Waals surface area contributed by atoms with Crippen LogP contribution in [0.3, 0.4) is 0 Å². The average molecular weight is 231 g/mol. The molecule has 0 aliphatic carbocycles. The fraction of sp³-hybridized carbons (Fsp3) is 0.462. The number of aromatic nitrogens is 2. The van der Waals surface area contributed by atoms with Crippen molar-refractivity contribution in [2.75, 3.05) is 13.6 Å². The van der Waals surface area contributed by atoms with E-state index < -0.39 is 0 Å². The second kappa shape index (κ2) is 4.04. The molecule has 1 N–H and O–H groups in total. The van der Waals surface area contributed by atoms with Crippen LogP contribution in [0.5, 0.6) is 5.75 Å². The number of nitrogens with zero attached hydrogens (tertiary/aromatic N) is 3. The summed E-state index contributed by atoms with van der Waals surface area (Å²) in [5, 5.41) is 9.44. The van der Waals surface area contributed by atoms with Crippen LogP contribution in [0.15, 0.2) is 24.5 Å². The molecule has 1 aliphatic heterocycles. The molecule has 1 unspecified atom stereocenters. The smallest absolute Gasteiger partial charge is 0.137 e. The van der Waals surface area contributed by atoms with Crippen molar-refractivity contribution in [2.45, 2.75) is 25.3 Å². The second-order valence-electron chi connectivity index (χ2n) is 4.81. The number of piperidine rings is 1. The van der Waals surface area contributed by atoms with Gasteiger partial charge < -0.3 is 9.51 Å². The van der Waals surface area contributed by atoms with E-state index in [0.29, 0.717) is 6.04 Å². The number of imidazole rings is 1. The first kappa shape index (κ1) is 10.6. The molecule has 90 valence electrons. The molecule has 0 aromatic carbocycles. The van der Waals surface area contributed by atoms with Crippen LogP contribution < -0.4 is 0 Å². The Bertz CT molecular complexity index is 534. The maximum absolute atomic E-state index is 9.44. The molecule has 0 saturated carbocycles. The number of fused-ring (bicyclic) bond motifs is 1. The van der Waals surface area contributed by atoms with Gasteiger partial charge in [0, 0.05) is 6.20 Å². The number of hydrogen-bond acceptors (Lipinski definition) is 3. The molecular weight excluding hydrogens is 214 g/mol. The first-order valence-electron chi connectivity index (χ1n) is 6.12. The van der Waals surface area contributed by atoms with Gasteiger partial charge in [-0.25, -0.2) is 4.98 Å². The first-order valence-corrected chi connectivity index (χ1v) is 6.12. The number of aromatic hydroxyl groups is 1. The minimum Gasteiger partial charge on any atom is -0.506 e. The molecule has 1 saturated heterocycles. The summed E-state index contributed by atoms with van der Waals surface area (Å²) < 4.78 is 1.90. The first-order chi connectivity index (χ1) is 8.24. The molecule has 0 radical (unpaired) electrons. The molecule has 2 aromatic rings. The van der Waals surface area contributed by atoms with Crippen LogP contribution in [0, 0.1) is 0 Å². The Morgan fingerprint density at radius 2 is 2.18 bits per heavy atom. The van der Waals surface area contributed by atoms with Crippen LogP contribution in [0.25, 0.3) is 5.65 Å². The molecule has 2 aromatic heterocycles. The molecule has 1 aliphatic rings. The lowest BCUT2D eigenvalue weighted by atomic mass is 10.0. The highest BCUT2D eigenvalue weighted by atomic mass is 16.3. The minimum atomic E-state index is 0.276. The summed E-state index contributed by atoms with van der Waals surface area (Å²) in [4.78, 5) is 7.00. The largest absolute Gasteiger partial charge is 0.506 e. The van der Waals surface area contributed by atoms with Crippen molar-refractivity contribution >= 4 is 5.65 Å². The second-order valence-corrected chi connectivity index (χ2v) is 4.81. The lowest BCUT2D eigenvalue weighted by Gasteiger charge is -2.31. The van der Waals surface area contributed by atoms with Crippen LogP contribution in [0.2, 0.25) is 0 Å². The molecule has 3 rings (SSSR count). The quantitative estimate of drug-likeness (QED) is 0.818. The highest BCUT2D eigenvalue weighted by molar-refractivity contribution is 5.43. The van der Waals surface area contributed by atoms with Gasteiger partial charge in [-0.2, -0.15) is 0 Å². The zero-order valence-electron chi connectivity index (χ0n) is 10.0. The highest BCUT2D eigenvalue weighted by Gasteiger charge is 2.22. The highest BCUT2D eigenvalue weighted by Crippen LogP contribution is 2.29. The van der Waals surface area contributed by atoms with Crippen molar-refractivity contribution in [1.29, 1.82) is 0 Å². The van der Waals surface area contributed by atoms with E-state index in [-0.39, 0.29) is 5.75 Å². The van der Waals surface area contributed by atoms with Crippen molar-refractivity contribution in [1.82, 2.24) is 14.3 Å². The van der Waals surface area contributed by atoms with Crippen molar-refractivity contribution in [3.8, 4) is 5.75 Å². The maximum atomic E-state index is 9.44. The van der Waals surface area contributed by atoms with Crippen LogP contribution in [-0.4, -0.2) is 33.0 Å². The van der Waals surface area contributed by atoms with Gasteiger partial charge in [0.1, 0.15) is 11.4 Å². The topological polar surface area (TPSA) is 40.8 Å². The normalized spacial score (nSPS) is 22.1. The van der Waals surface area contributed by atoms with Crippen molar-refractivity contribution in [3.63, 3.8) is 0 Å². The van der Waals surface area contributed by atoms with Crippen molar-refractivity contribution < 1.29 is 5.11 Å². The fourth-order valence-electron chi connectivity index (χ4n) is 2.61. The Kier molecular flexibility index (Phi) is 2.52. The molecule has 17 heavy (non-hydrogen) atoms. The van der Waals surface area contributed by atoms with E-state index in [1.54, 1.807) is 12.3 Å². The standard InChI is InChI=1S/C13H17N3O/c1-15-7-3-2-4-12(15)11-9-16-8-10(17)5-6-13(16)14-11/h5-6,8-9,12,17H,2-4,7H2,1H3. The Labute approximate surface area is 101 Å². The van der Waals surface area contributed by atoms with E-state index in [1.807, 2.05) is 16.7 Å². The summed E-state index contributed by atoms with van der Waals surface area (Å²) in [7, 11) is 2.16. The molecule has 1 fully saturated rings. The minimum absolute atomic E-state index is 0.276. The lowest BCUT2D eigenvalue weighted by molar-refractivity contribution is 0.184. The molecule has 1 atom stereocenters. The van der Waals surface area contributed by atoms with Crippen LogP contribution in [0.1, 0.15) is 31.0 Å². The van der Waals surface area contributed by atoms with E-state index in [4.69, 9.17) is 0 Å². The summed E-state index contributed by atoms with van der Waals surface area (Å²) in [6.45, 7) is 1.14. The van der Waals surface area contributed by atoms with Crippen LogP contribution in [-0.2, 0) is 0 Å². The monoisotopic (exact) mass is 231 g/mol. The van der Waals surface area contributed by atoms with Crippen LogP contribution in [0.4, 0.5) is 0 Å². The van der Waals surface area contributed by atoms with Gasteiger partial charge in [-0.05, 0) is 38.6 Å². The summed E-state index contributed by atoms with van der Waals surface area (Å²) in [5.41, 5.74) is 2.01. The maximum Gasteiger partial charge on any atom is 0.137 e. The number of likely N-dealkylation sites (tertiary alicyclic amines) is 1. The van der Waals surface area contributed by atoms with Gasteiger partial charge >= 0.3 is 0 Å².